The first-order chi connectivity index (χ1) is 16.9. The Bertz CT molecular complexity index is 1380. The molecule has 1 amide bonds. The molecule has 1 N–H and O–H groups in total. The smallest absolute Gasteiger partial charge is 0.425 e. The van der Waals surface area contributed by atoms with Gasteiger partial charge in [0.1, 0.15) is 23.9 Å². The average Bonchev–Trinajstić information content (AvgIpc) is 3.12. The third-order valence-corrected chi connectivity index (χ3v) is 5.73. The number of alkyl halides is 3. The number of halogens is 5. The highest BCUT2D eigenvalue weighted by Gasteiger charge is 2.39. The van der Waals surface area contributed by atoms with Gasteiger partial charge in [0.2, 0.25) is 0 Å². The maximum absolute atomic E-state index is 15.2. The van der Waals surface area contributed by atoms with Crippen molar-refractivity contribution in [2.75, 3.05) is 11.9 Å². The highest BCUT2D eigenvalue weighted by atomic mass is 35.5. The Hall–Kier alpha value is -3.45. The summed E-state index contributed by atoms with van der Waals surface area (Å²) in [5, 5.41) is 6.41. The molecule has 1 aromatic carbocycles. The minimum absolute atomic E-state index is 0.00348. The summed E-state index contributed by atoms with van der Waals surface area (Å²) >= 11 is 6.12. The second kappa shape index (κ2) is 9.54. The van der Waals surface area contributed by atoms with E-state index in [1.807, 2.05) is 0 Å². The van der Waals surface area contributed by atoms with Gasteiger partial charge in [-0.3, -0.25) is 9.36 Å². The molecule has 14 heteroatoms. The molecule has 36 heavy (non-hydrogen) atoms. The standard InChI is InChI=1S/C22H20ClF4N5O4/c1-10-6-11(2)28-19(23)18(10)29-20(33)13-7-14(24)15(8-16(13)36-12(3)22(25,26)27)32-21(34)31-4-5-35-9-17(31)30-32/h6-8,12H,4-5,9H2,1-3H3,(H,29,33)/t12-/m0/s1. The molecule has 0 bridgehead atoms. The molecule has 3 aromatic rings. The molecular weight excluding hydrogens is 510 g/mol. The SMILES string of the molecule is Cc1cc(C)c(NC(=O)c2cc(F)c(-n3nc4n(c3=O)CCOC4)cc2O[C@@H](C)C(F)(F)F)c(Cl)n1. The van der Waals surface area contributed by atoms with Crippen molar-refractivity contribution in [2.45, 2.75) is 46.2 Å². The van der Waals surface area contributed by atoms with Crippen LogP contribution in [0.5, 0.6) is 5.75 Å². The van der Waals surface area contributed by atoms with Gasteiger partial charge in [0.15, 0.2) is 17.1 Å². The van der Waals surface area contributed by atoms with Crippen molar-refractivity contribution < 1.29 is 31.8 Å². The first-order valence-electron chi connectivity index (χ1n) is 10.7. The van der Waals surface area contributed by atoms with Crippen LogP contribution in [0, 0.1) is 19.7 Å². The zero-order valence-electron chi connectivity index (χ0n) is 19.2. The Kier molecular flexibility index (Phi) is 6.80. The predicted octanol–water partition coefficient (Wildman–Crippen LogP) is 3.95. The van der Waals surface area contributed by atoms with Crippen molar-refractivity contribution in [2.24, 2.45) is 0 Å². The number of carbonyl (C=O) groups is 1. The Morgan fingerprint density at radius 2 is 2.00 bits per heavy atom. The van der Waals surface area contributed by atoms with E-state index in [4.69, 9.17) is 21.1 Å². The molecule has 0 unspecified atom stereocenters. The number of hydrogen-bond donors (Lipinski definition) is 1. The van der Waals surface area contributed by atoms with Gasteiger partial charge in [0.05, 0.1) is 24.4 Å². The predicted molar refractivity (Wildman–Crippen MR) is 120 cm³/mol. The number of hydrogen-bond acceptors (Lipinski definition) is 6. The molecular formula is C22H20ClF4N5O4. The molecule has 1 aliphatic rings. The second-order valence-corrected chi connectivity index (χ2v) is 8.47. The molecule has 2 aromatic heterocycles. The van der Waals surface area contributed by atoms with Crippen LogP contribution in [0.25, 0.3) is 5.69 Å². The Morgan fingerprint density at radius 1 is 1.28 bits per heavy atom. The summed E-state index contributed by atoms with van der Waals surface area (Å²) in [6, 6.07) is 3.13. The summed E-state index contributed by atoms with van der Waals surface area (Å²) in [6.07, 6.45) is -7.14. The molecule has 0 fully saturated rings. The quantitative estimate of drug-likeness (QED) is 0.397. The first kappa shape index (κ1) is 25.6. The van der Waals surface area contributed by atoms with Crippen molar-refractivity contribution in [3.8, 4) is 11.4 Å². The van der Waals surface area contributed by atoms with Gasteiger partial charge in [-0.25, -0.2) is 14.2 Å². The van der Waals surface area contributed by atoms with E-state index < -0.39 is 46.7 Å². The van der Waals surface area contributed by atoms with Crippen LogP contribution in [-0.4, -0.2) is 44.1 Å². The lowest BCUT2D eigenvalue weighted by Gasteiger charge is -2.20. The number of aryl methyl sites for hydroxylation is 2. The number of fused-ring (bicyclic) bond motifs is 1. The number of ether oxygens (including phenoxy) is 2. The van der Waals surface area contributed by atoms with Crippen LogP contribution < -0.4 is 15.7 Å². The topological polar surface area (TPSA) is 100 Å². The largest absolute Gasteiger partial charge is 0.480 e. The molecule has 1 atom stereocenters. The van der Waals surface area contributed by atoms with Crippen LogP contribution in [0.1, 0.15) is 34.4 Å². The summed E-state index contributed by atoms with van der Waals surface area (Å²) in [5.41, 5.74) is -0.552. The van der Waals surface area contributed by atoms with Crippen LogP contribution in [0.4, 0.5) is 23.2 Å². The number of rotatable bonds is 5. The summed E-state index contributed by atoms with van der Waals surface area (Å²) in [5.74, 6) is -2.48. The summed E-state index contributed by atoms with van der Waals surface area (Å²) in [7, 11) is 0. The van der Waals surface area contributed by atoms with Crippen LogP contribution in [0.15, 0.2) is 23.0 Å². The molecule has 0 saturated carbocycles. The molecule has 0 saturated heterocycles. The molecule has 0 spiro atoms. The third-order valence-electron chi connectivity index (χ3n) is 5.46. The van der Waals surface area contributed by atoms with E-state index in [0.717, 1.165) is 13.0 Å². The van der Waals surface area contributed by atoms with Gasteiger partial charge in [-0.1, -0.05) is 11.6 Å². The number of pyridine rings is 1. The maximum Gasteiger partial charge on any atom is 0.425 e. The summed E-state index contributed by atoms with van der Waals surface area (Å²) in [6.45, 7) is 4.48. The van der Waals surface area contributed by atoms with Gasteiger partial charge in [0.25, 0.3) is 5.91 Å². The normalized spacial score (nSPS) is 14.3. The number of carbonyl (C=O) groups excluding carboxylic acids is 1. The van der Waals surface area contributed by atoms with Crippen molar-refractivity contribution in [3.63, 3.8) is 0 Å². The van der Waals surface area contributed by atoms with E-state index >= 15 is 4.39 Å². The van der Waals surface area contributed by atoms with E-state index in [1.54, 1.807) is 19.9 Å². The van der Waals surface area contributed by atoms with Gasteiger partial charge in [0, 0.05) is 11.8 Å². The van der Waals surface area contributed by atoms with Crippen molar-refractivity contribution >= 4 is 23.2 Å². The number of nitrogens with one attached hydrogen (secondary N) is 1. The number of aromatic nitrogens is 4. The monoisotopic (exact) mass is 529 g/mol. The number of benzene rings is 1. The fourth-order valence-electron chi connectivity index (χ4n) is 3.60. The van der Waals surface area contributed by atoms with Crippen LogP contribution in [-0.2, 0) is 17.9 Å². The van der Waals surface area contributed by atoms with Crippen molar-refractivity contribution in [1.82, 2.24) is 19.3 Å². The Balaban J connectivity index is 1.80. The molecule has 192 valence electrons. The summed E-state index contributed by atoms with van der Waals surface area (Å²) in [4.78, 5) is 29.8. The third kappa shape index (κ3) is 4.93. The second-order valence-electron chi connectivity index (χ2n) is 8.12. The highest BCUT2D eigenvalue weighted by Crippen LogP contribution is 2.32. The molecule has 0 radical (unpaired) electrons. The van der Waals surface area contributed by atoms with Gasteiger partial charge >= 0.3 is 11.9 Å². The number of amides is 1. The van der Waals surface area contributed by atoms with Crippen LogP contribution in [0.3, 0.4) is 0 Å². The highest BCUT2D eigenvalue weighted by molar-refractivity contribution is 6.33. The van der Waals surface area contributed by atoms with Gasteiger partial charge in [-0.05, 0) is 38.5 Å². The lowest BCUT2D eigenvalue weighted by molar-refractivity contribution is -0.189. The summed E-state index contributed by atoms with van der Waals surface area (Å²) < 4.78 is 67.2. The number of anilines is 1. The molecule has 4 rings (SSSR count). The molecule has 0 aliphatic carbocycles. The van der Waals surface area contributed by atoms with Gasteiger partial charge in [-0.2, -0.15) is 17.9 Å². The van der Waals surface area contributed by atoms with Gasteiger partial charge < -0.3 is 14.8 Å². The van der Waals surface area contributed by atoms with E-state index in [2.05, 4.69) is 15.4 Å². The van der Waals surface area contributed by atoms with Gasteiger partial charge in [-0.15, -0.1) is 5.10 Å². The lowest BCUT2D eigenvalue weighted by atomic mass is 10.1. The van der Waals surface area contributed by atoms with Crippen molar-refractivity contribution in [1.29, 1.82) is 0 Å². The number of nitrogens with zero attached hydrogens (tertiary/aromatic N) is 4. The first-order valence-corrected chi connectivity index (χ1v) is 11.0. The minimum atomic E-state index is -4.79. The zero-order valence-corrected chi connectivity index (χ0v) is 20.0. The Labute approximate surface area is 206 Å². The fourth-order valence-corrected chi connectivity index (χ4v) is 3.93. The van der Waals surface area contributed by atoms with E-state index in [-0.39, 0.29) is 36.4 Å². The van der Waals surface area contributed by atoms with Crippen LogP contribution in [0.2, 0.25) is 5.15 Å². The van der Waals surface area contributed by atoms with Crippen molar-refractivity contribution in [3.05, 3.63) is 62.3 Å². The van der Waals surface area contributed by atoms with E-state index in [9.17, 15) is 22.8 Å². The molecule has 9 nitrogen and oxygen atoms in total. The minimum Gasteiger partial charge on any atom is -0.480 e. The Morgan fingerprint density at radius 3 is 2.64 bits per heavy atom. The van der Waals surface area contributed by atoms with Crippen LogP contribution >= 0.6 is 11.6 Å². The fraction of sp³-hybridized carbons (Fsp3) is 0.364. The molecule has 3 heterocycles. The average molecular weight is 530 g/mol. The molecule has 1 aliphatic heterocycles. The van der Waals surface area contributed by atoms with E-state index in [1.165, 1.54) is 4.57 Å². The maximum atomic E-state index is 15.2. The lowest BCUT2D eigenvalue weighted by Crippen LogP contribution is -2.32. The zero-order chi connectivity index (χ0) is 26.4. The van der Waals surface area contributed by atoms with E-state index in [0.29, 0.717) is 22.0 Å².